The van der Waals surface area contributed by atoms with Gasteiger partial charge in [0.25, 0.3) is 0 Å². The summed E-state index contributed by atoms with van der Waals surface area (Å²) in [5.74, 6) is 0.399. The van der Waals surface area contributed by atoms with Crippen LogP contribution in [0.4, 0.5) is 0 Å². The Morgan fingerprint density at radius 2 is 2.30 bits per heavy atom. The van der Waals surface area contributed by atoms with Crippen molar-refractivity contribution < 1.29 is 0 Å². The van der Waals surface area contributed by atoms with Crippen molar-refractivity contribution in [3.05, 3.63) is 46.5 Å². The number of hydrogen-bond acceptors (Lipinski definition) is 3. The lowest BCUT2D eigenvalue weighted by Crippen LogP contribution is -2.21. The lowest BCUT2D eigenvalue weighted by atomic mass is 10.1. The summed E-state index contributed by atoms with van der Waals surface area (Å²) in [6.07, 6.45) is 4.55. The zero-order chi connectivity index (χ0) is 14.5. The monoisotopic (exact) mass is 332 g/mol. The fourth-order valence-corrected chi connectivity index (χ4v) is 2.52. The molecule has 1 heterocycles. The van der Waals surface area contributed by atoms with Crippen LogP contribution in [0.15, 0.2) is 35.1 Å². The van der Waals surface area contributed by atoms with E-state index in [1.807, 2.05) is 22.9 Å². The summed E-state index contributed by atoms with van der Waals surface area (Å²) in [5, 5.41) is 12.6. The van der Waals surface area contributed by atoms with Crippen LogP contribution in [0, 0.1) is 11.3 Å². The zero-order valence-electron chi connectivity index (χ0n) is 11.6. The van der Waals surface area contributed by atoms with Gasteiger partial charge in [-0.2, -0.15) is 5.26 Å². The van der Waals surface area contributed by atoms with Gasteiger partial charge in [-0.1, -0.05) is 22.9 Å². The summed E-state index contributed by atoms with van der Waals surface area (Å²) in [4.78, 5) is 4.07. The fourth-order valence-electron chi connectivity index (χ4n) is 2.14. The average Bonchev–Trinajstić information content (AvgIpc) is 2.92. The highest BCUT2D eigenvalue weighted by Crippen LogP contribution is 2.26. The second-order valence-corrected chi connectivity index (χ2v) is 5.53. The smallest absolute Gasteiger partial charge is 0.217 e. The van der Waals surface area contributed by atoms with Crippen LogP contribution in [-0.4, -0.2) is 16.1 Å². The molecule has 2 aromatic rings. The van der Waals surface area contributed by atoms with Crippen LogP contribution in [-0.2, 0) is 0 Å². The first kappa shape index (κ1) is 14.8. The van der Waals surface area contributed by atoms with Gasteiger partial charge in [-0.25, -0.2) is 4.98 Å². The number of nitrogens with one attached hydrogen (secondary N) is 1. The topological polar surface area (TPSA) is 53.6 Å². The first-order valence-corrected chi connectivity index (χ1v) is 7.43. The van der Waals surface area contributed by atoms with E-state index in [0.717, 1.165) is 28.7 Å². The Kier molecular flexibility index (Phi) is 4.94. The molecule has 0 amide bonds. The molecule has 20 heavy (non-hydrogen) atoms. The maximum absolute atomic E-state index is 9.14. The molecule has 0 aliphatic heterocycles. The van der Waals surface area contributed by atoms with Crippen molar-refractivity contribution >= 4 is 15.9 Å². The third-order valence-electron chi connectivity index (χ3n) is 3.16. The highest BCUT2D eigenvalue weighted by atomic mass is 79.9. The van der Waals surface area contributed by atoms with Gasteiger partial charge < -0.3 is 5.32 Å². The first-order valence-electron chi connectivity index (χ1n) is 6.64. The molecule has 0 fully saturated rings. The molecule has 1 atom stereocenters. The van der Waals surface area contributed by atoms with Crippen LogP contribution in [0.3, 0.4) is 0 Å². The van der Waals surface area contributed by atoms with Gasteiger partial charge in [0.15, 0.2) is 0 Å². The van der Waals surface area contributed by atoms with Crippen LogP contribution >= 0.6 is 15.9 Å². The van der Waals surface area contributed by atoms with Crippen LogP contribution in [0.1, 0.15) is 37.7 Å². The highest BCUT2D eigenvalue weighted by molar-refractivity contribution is 9.10. The van der Waals surface area contributed by atoms with Crippen molar-refractivity contribution in [3.63, 3.8) is 0 Å². The van der Waals surface area contributed by atoms with Gasteiger partial charge in [-0.05, 0) is 43.7 Å². The van der Waals surface area contributed by atoms with Crippen molar-refractivity contribution in [3.8, 4) is 11.8 Å². The lowest BCUT2D eigenvalue weighted by molar-refractivity contribution is 0.568. The van der Waals surface area contributed by atoms with E-state index in [4.69, 9.17) is 5.26 Å². The number of halogens is 1. The van der Waals surface area contributed by atoms with Gasteiger partial charge in [0.2, 0.25) is 5.82 Å². The van der Waals surface area contributed by atoms with Crippen molar-refractivity contribution in [2.45, 2.75) is 26.3 Å². The maximum atomic E-state index is 9.14. The van der Waals surface area contributed by atoms with Gasteiger partial charge in [0, 0.05) is 22.9 Å². The second-order valence-electron chi connectivity index (χ2n) is 4.61. The minimum Gasteiger partial charge on any atom is -0.310 e. The van der Waals surface area contributed by atoms with E-state index in [2.05, 4.69) is 52.2 Å². The molecule has 0 saturated carbocycles. The molecular weight excluding hydrogens is 316 g/mol. The molecule has 1 aromatic heterocycles. The van der Waals surface area contributed by atoms with E-state index in [1.54, 1.807) is 6.20 Å². The Morgan fingerprint density at radius 1 is 1.50 bits per heavy atom. The maximum Gasteiger partial charge on any atom is 0.217 e. The summed E-state index contributed by atoms with van der Waals surface area (Å²) in [6, 6.07) is 8.39. The van der Waals surface area contributed by atoms with E-state index >= 15 is 0 Å². The molecule has 5 heteroatoms. The molecule has 0 bridgehead atoms. The standard InChI is InChI=1S/C15H17BrN4/c1-3-6-18-11(2)13-9-12(16)4-5-14(13)20-8-7-19-15(20)10-17/h4-5,7-9,11,18H,3,6H2,1-2H3. The fraction of sp³-hybridized carbons (Fsp3) is 0.333. The normalized spacial score (nSPS) is 12.1. The van der Waals surface area contributed by atoms with E-state index in [9.17, 15) is 0 Å². The third kappa shape index (κ3) is 3.09. The number of imidazole rings is 1. The molecule has 2 rings (SSSR count). The van der Waals surface area contributed by atoms with Gasteiger partial charge >= 0.3 is 0 Å². The van der Waals surface area contributed by atoms with E-state index in [-0.39, 0.29) is 6.04 Å². The third-order valence-corrected chi connectivity index (χ3v) is 3.65. The number of hydrogen-bond donors (Lipinski definition) is 1. The predicted molar refractivity (Wildman–Crippen MR) is 82.7 cm³/mol. The number of nitriles is 1. The van der Waals surface area contributed by atoms with E-state index in [1.165, 1.54) is 0 Å². The summed E-state index contributed by atoms with van der Waals surface area (Å²) >= 11 is 3.51. The zero-order valence-corrected chi connectivity index (χ0v) is 13.2. The number of aromatic nitrogens is 2. The molecule has 0 radical (unpaired) electrons. The Bertz CT molecular complexity index is 627. The average molecular weight is 333 g/mol. The minimum absolute atomic E-state index is 0.205. The van der Waals surface area contributed by atoms with Crippen molar-refractivity contribution in [1.82, 2.24) is 14.9 Å². The molecule has 1 unspecified atom stereocenters. The summed E-state index contributed by atoms with van der Waals surface area (Å²) in [7, 11) is 0. The SMILES string of the molecule is CCCNC(C)c1cc(Br)ccc1-n1ccnc1C#N. The van der Waals surface area contributed by atoms with Crippen molar-refractivity contribution in [1.29, 1.82) is 5.26 Å². The second kappa shape index (κ2) is 6.69. The Labute approximate surface area is 127 Å². The highest BCUT2D eigenvalue weighted by Gasteiger charge is 2.14. The molecule has 4 nitrogen and oxygen atoms in total. The van der Waals surface area contributed by atoms with Gasteiger partial charge in [-0.15, -0.1) is 0 Å². The van der Waals surface area contributed by atoms with Crippen LogP contribution in [0.25, 0.3) is 5.69 Å². The van der Waals surface area contributed by atoms with E-state index in [0.29, 0.717) is 5.82 Å². The molecule has 104 valence electrons. The molecular formula is C15H17BrN4. The lowest BCUT2D eigenvalue weighted by Gasteiger charge is -2.19. The molecule has 0 spiro atoms. The summed E-state index contributed by atoms with van der Waals surface area (Å²) in [5.41, 5.74) is 2.13. The Hall–Kier alpha value is -1.64. The Balaban J connectivity index is 2.46. The molecule has 0 saturated heterocycles. The number of benzene rings is 1. The predicted octanol–water partition coefficient (Wildman–Crippen LogP) is 3.57. The summed E-state index contributed by atoms with van der Waals surface area (Å²) < 4.78 is 2.85. The van der Waals surface area contributed by atoms with Gasteiger partial charge in [0.1, 0.15) is 6.07 Å². The molecule has 0 aliphatic carbocycles. The molecule has 1 aromatic carbocycles. The Morgan fingerprint density at radius 3 is 3.00 bits per heavy atom. The quantitative estimate of drug-likeness (QED) is 0.910. The largest absolute Gasteiger partial charge is 0.310 e. The van der Waals surface area contributed by atoms with Crippen molar-refractivity contribution in [2.75, 3.05) is 6.54 Å². The van der Waals surface area contributed by atoms with Crippen LogP contribution in [0.2, 0.25) is 0 Å². The van der Waals surface area contributed by atoms with Crippen molar-refractivity contribution in [2.24, 2.45) is 0 Å². The number of rotatable bonds is 5. The van der Waals surface area contributed by atoms with Crippen LogP contribution in [0.5, 0.6) is 0 Å². The molecule has 1 N–H and O–H groups in total. The van der Waals surface area contributed by atoms with Gasteiger partial charge in [-0.3, -0.25) is 4.57 Å². The van der Waals surface area contributed by atoms with Crippen LogP contribution < -0.4 is 5.32 Å². The first-order chi connectivity index (χ1) is 9.67. The molecule has 0 aliphatic rings. The summed E-state index contributed by atoms with van der Waals surface area (Å²) in [6.45, 7) is 5.23. The minimum atomic E-state index is 0.205. The number of nitrogens with zero attached hydrogens (tertiary/aromatic N) is 3. The van der Waals surface area contributed by atoms with Gasteiger partial charge in [0.05, 0.1) is 5.69 Å². The van der Waals surface area contributed by atoms with E-state index < -0.39 is 0 Å².